The van der Waals surface area contributed by atoms with Gasteiger partial charge in [0, 0.05) is 37.7 Å². The smallest absolute Gasteiger partial charge is 0.191 e. The SMILES string of the molecule is CCNC(=NCc1ccc(OCCOC)cc1)NCCc1ncc(CC)s1.I. The van der Waals surface area contributed by atoms with E-state index >= 15 is 0 Å². The summed E-state index contributed by atoms with van der Waals surface area (Å²) in [4.78, 5) is 10.4. The summed E-state index contributed by atoms with van der Waals surface area (Å²) in [6.45, 7) is 7.63. The van der Waals surface area contributed by atoms with Crippen LogP contribution in [-0.2, 0) is 24.1 Å². The van der Waals surface area contributed by atoms with Gasteiger partial charge in [-0.2, -0.15) is 0 Å². The largest absolute Gasteiger partial charge is 0.491 e. The molecule has 2 N–H and O–H groups in total. The first-order chi connectivity index (χ1) is 13.2. The van der Waals surface area contributed by atoms with Crippen molar-refractivity contribution in [3.63, 3.8) is 0 Å². The molecule has 1 aromatic carbocycles. The van der Waals surface area contributed by atoms with Crippen LogP contribution in [0.5, 0.6) is 5.75 Å². The number of aryl methyl sites for hydroxylation is 1. The second-order valence-electron chi connectivity index (χ2n) is 5.93. The van der Waals surface area contributed by atoms with E-state index in [1.807, 2.05) is 30.5 Å². The number of hydrogen-bond acceptors (Lipinski definition) is 5. The number of hydrogen-bond donors (Lipinski definition) is 2. The van der Waals surface area contributed by atoms with Crippen molar-refractivity contribution >= 4 is 41.3 Å². The summed E-state index contributed by atoms with van der Waals surface area (Å²) < 4.78 is 10.6. The van der Waals surface area contributed by atoms with Gasteiger partial charge in [-0.05, 0) is 31.0 Å². The number of thiazole rings is 1. The third-order valence-electron chi connectivity index (χ3n) is 3.82. The topological polar surface area (TPSA) is 67.8 Å². The zero-order chi connectivity index (χ0) is 19.3. The van der Waals surface area contributed by atoms with Crippen LogP contribution in [0.4, 0.5) is 0 Å². The number of guanidine groups is 1. The maximum absolute atomic E-state index is 5.58. The Morgan fingerprint density at radius 3 is 2.57 bits per heavy atom. The number of methoxy groups -OCH3 is 1. The van der Waals surface area contributed by atoms with Gasteiger partial charge < -0.3 is 20.1 Å². The number of ether oxygens (including phenoxy) is 2. The van der Waals surface area contributed by atoms with Crippen molar-refractivity contribution in [3.8, 4) is 5.75 Å². The van der Waals surface area contributed by atoms with Gasteiger partial charge in [-0.1, -0.05) is 19.1 Å². The molecule has 1 aromatic heterocycles. The first-order valence-electron chi connectivity index (χ1n) is 9.41. The number of rotatable bonds is 11. The molecule has 8 heteroatoms. The summed E-state index contributed by atoms with van der Waals surface area (Å²) in [6, 6.07) is 8.01. The van der Waals surface area contributed by atoms with Gasteiger partial charge >= 0.3 is 0 Å². The van der Waals surface area contributed by atoms with Gasteiger partial charge in [-0.25, -0.2) is 9.98 Å². The molecule has 0 aliphatic heterocycles. The van der Waals surface area contributed by atoms with Crippen molar-refractivity contribution in [1.29, 1.82) is 0 Å². The van der Waals surface area contributed by atoms with E-state index in [4.69, 9.17) is 9.47 Å². The fourth-order valence-corrected chi connectivity index (χ4v) is 3.22. The minimum atomic E-state index is 0. The number of benzene rings is 1. The number of halogens is 1. The molecule has 0 saturated heterocycles. The van der Waals surface area contributed by atoms with Crippen molar-refractivity contribution < 1.29 is 9.47 Å². The number of nitrogens with one attached hydrogen (secondary N) is 2. The molecule has 0 saturated carbocycles. The highest BCUT2D eigenvalue weighted by Crippen LogP contribution is 2.14. The molecule has 6 nitrogen and oxygen atoms in total. The molecule has 0 aliphatic carbocycles. The average Bonchev–Trinajstić information content (AvgIpc) is 3.15. The molecule has 156 valence electrons. The maximum atomic E-state index is 5.58. The summed E-state index contributed by atoms with van der Waals surface area (Å²) in [5.41, 5.74) is 1.14. The fourth-order valence-electron chi connectivity index (χ4n) is 2.36. The zero-order valence-corrected chi connectivity index (χ0v) is 20.0. The third kappa shape index (κ3) is 9.20. The Kier molecular flexibility index (Phi) is 12.8. The minimum absolute atomic E-state index is 0. The van der Waals surface area contributed by atoms with Crippen LogP contribution in [0, 0.1) is 0 Å². The summed E-state index contributed by atoms with van der Waals surface area (Å²) in [5.74, 6) is 1.67. The van der Waals surface area contributed by atoms with Gasteiger partial charge in [0.1, 0.15) is 12.4 Å². The average molecular weight is 518 g/mol. The van der Waals surface area contributed by atoms with Gasteiger partial charge in [0.15, 0.2) is 5.96 Å². The molecular formula is C20H31IN4O2S. The van der Waals surface area contributed by atoms with Crippen LogP contribution in [0.15, 0.2) is 35.5 Å². The van der Waals surface area contributed by atoms with E-state index in [-0.39, 0.29) is 24.0 Å². The highest BCUT2D eigenvalue weighted by atomic mass is 127. The van der Waals surface area contributed by atoms with E-state index in [1.54, 1.807) is 18.4 Å². The summed E-state index contributed by atoms with van der Waals surface area (Å²) >= 11 is 1.79. The Morgan fingerprint density at radius 2 is 1.93 bits per heavy atom. The summed E-state index contributed by atoms with van der Waals surface area (Å²) in [6.07, 6.45) is 3.93. The summed E-state index contributed by atoms with van der Waals surface area (Å²) in [7, 11) is 1.67. The molecule has 0 radical (unpaired) electrons. The van der Waals surface area contributed by atoms with Crippen molar-refractivity contribution in [3.05, 3.63) is 45.9 Å². The molecule has 0 atom stereocenters. The molecule has 0 fully saturated rings. The van der Waals surface area contributed by atoms with Crippen LogP contribution in [0.1, 0.15) is 29.3 Å². The molecule has 0 aliphatic rings. The van der Waals surface area contributed by atoms with Crippen LogP contribution in [0.2, 0.25) is 0 Å². The molecule has 2 rings (SSSR count). The predicted molar refractivity (Wildman–Crippen MR) is 127 cm³/mol. The van der Waals surface area contributed by atoms with Gasteiger partial charge in [-0.15, -0.1) is 35.3 Å². The molecule has 0 unspecified atom stereocenters. The number of aromatic nitrogens is 1. The lowest BCUT2D eigenvalue weighted by Crippen LogP contribution is -2.38. The van der Waals surface area contributed by atoms with E-state index in [9.17, 15) is 0 Å². The highest BCUT2D eigenvalue weighted by Gasteiger charge is 2.02. The second-order valence-corrected chi connectivity index (χ2v) is 7.13. The Morgan fingerprint density at radius 1 is 1.14 bits per heavy atom. The van der Waals surface area contributed by atoms with Crippen molar-refractivity contribution in [2.45, 2.75) is 33.2 Å². The molecule has 1 heterocycles. The lowest BCUT2D eigenvalue weighted by molar-refractivity contribution is 0.146. The van der Waals surface area contributed by atoms with E-state index in [0.717, 1.165) is 43.2 Å². The predicted octanol–water partition coefficient (Wildman–Crippen LogP) is 3.65. The Hall–Kier alpha value is -1.39. The Balaban J connectivity index is 0.00000392. The van der Waals surface area contributed by atoms with Crippen molar-refractivity contribution in [2.24, 2.45) is 4.99 Å². The third-order valence-corrected chi connectivity index (χ3v) is 5.03. The van der Waals surface area contributed by atoms with Gasteiger partial charge in [-0.3, -0.25) is 0 Å². The lowest BCUT2D eigenvalue weighted by atomic mass is 10.2. The normalized spacial score (nSPS) is 11.0. The fraction of sp³-hybridized carbons (Fsp3) is 0.500. The van der Waals surface area contributed by atoms with Gasteiger partial charge in [0.2, 0.25) is 0 Å². The van der Waals surface area contributed by atoms with Gasteiger partial charge in [0.05, 0.1) is 18.2 Å². The first-order valence-corrected chi connectivity index (χ1v) is 10.2. The van der Waals surface area contributed by atoms with Crippen molar-refractivity contribution in [1.82, 2.24) is 15.6 Å². The van der Waals surface area contributed by atoms with E-state index in [0.29, 0.717) is 19.8 Å². The Labute approximate surface area is 189 Å². The quantitative estimate of drug-likeness (QED) is 0.206. The van der Waals surface area contributed by atoms with Crippen molar-refractivity contribution in [2.75, 3.05) is 33.4 Å². The molecule has 2 aromatic rings. The van der Waals surface area contributed by atoms with Crippen LogP contribution in [0.3, 0.4) is 0 Å². The molecule has 0 amide bonds. The standard InChI is InChI=1S/C20H30N4O2S.HI/c1-4-18-15-23-19(27-18)10-11-22-20(21-5-2)24-14-16-6-8-17(9-7-16)26-13-12-25-3;/h6-9,15H,4-5,10-14H2,1-3H3,(H2,21,22,24);1H. The molecule has 0 bridgehead atoms. The van der Waals surface area contributed by atoms with Crippen LogP contribution >= 0.6 is 35.3 Å². The molecule has 0 spiro atoms. The van der Waals surface area contributed by atoms with Crippen LogP contribution in [-0.4, -0.2) is 44.4 Å². The monoisotopic (exact) mass is 518 g/mol. The zero-order valence-electron chi connectivity index (χ0n) is 16.9. The first kappa shape index (κ1) is 24.6. The van der Waals surface area contributed by atoms with Crippen LogP contribution in [0.25, 0.3) is 0 Å². The summed E-state index contributed by atoms with van der Waals surface area (Å²) in [5, 5.41) is 7.83. The Bertz CT molecular complexity index is 692. The van der Waals surface area contributed by atoms with E-state index in [1.165, 1.54) is 9.88 Å². The lowest BCUT2D eigenvalue weighted by Gasteiger charge is -2.11. The molecule has 28 heavy (non-hydrogen) atoms. The van der Waals surface area contributed by atoms with Gasteiger partial charge in [0.25, 0.3) is 0 Å². The number of nitrogens with zero attached hydrogens (tertiary/aromatic N) is 2. The minimum Gasteiger partial charge on any atom is -0.491 e. The maximum Gasteiger partial charge on any atom is 0.191 e. The van der Waals surface area contributed by atoms with Crippen LogP contribution < -0.4 is 15.4 Å². The van der Waals surface area contributed by atoms with E-state index < -0.39 is 0 Å². The van der Waals surface area contributed by atoms with E-state index in [2.05, 4.69) is 34.5 Å². The second kappa shape index (κ2) is 14.6. The molecular weight excluding hydrogens is 487 g/mol. The highest BCUT2D eigenvalue weighted by molar-refractivity contribution is 14.0. The number of aliphatic imine (C=N–C) groups is 1.